The highest BCUT2D eigenvalue weighted by Crippen LogP contribution is 2.25. The van der Waals surface area contributed by atoms with Crippen LogP contribution in [0.5, 0.6) is 0 Å². The van der Waals surface area contributed by atoms with Gasteiger partial charge in [-0.1, -0.05) is 61.2 Å². The Kier molecular flexibility index (Phi) is 6.77. The first-order valence-corrected chi connectivity index (χ1v) is 10.1. The summed E-state index contributed by atoms with van der Waals surface area (Å²) < 4.78 is 0. The largest absolute Gasteiger partial charge is 0.389 e. The fourth-order valence-corrected chi connectivity index (χ4v) is 3.80. The van der Waals surface area contributed by atoms with E-state index in [-0.39, 0.29) is 11.8 Å². The summed E-state index contributed by atoms with van der Waals surface area (Å²) >= 11 is 1.43. The zero-order valence-electron chi connectivity index (χ0n) is 15.1. The van der Waals surface area contributed by atoms with Crippen LogP contribution in [-0.4, -0.2) is 16.6 Å². The minimum atomic E-state index is 0.103. The molecule has 0 aliphatic heterocycles. The van der Waals surface area contributed by atoms with Crippen LogP contribution >= 0.6 is 11.3 Å². The molecule has 6 heteroatoms. The number of nitrogens with one attached hydrogen (secondary N) is 1. The summed E-state index contributed by atoms with van der Waals surface area (Å²) in [7, 11) is 0. The zero-order valence-corrected chi connectivity index (χ0v) is 15.9. The molecule has 26 heavy (non-hydrogen) atoms. The Morgan fingerprint density at radius 2 is 1.96 bits per heavy atom. The van der Waals surface area contributed by atoms with Crippen LogP contribution in [0.25, 0.3) is 0 Å². The molecule has 1 saturated carbocycles. The van der Waals surface area contributed by atoms with Gasteiger partial charge >= 0.3 is 0 Å². The van der Waals surface area contributed by atoms with Crippen molar-refractivity contribution in [2.75, 3.05) is 5.32 Å². The zero-order chi connectivity index (χ0) is 18.2. The number of nitrogens with zero attached hydrogens (tertiary/aromatic N) is 2. The van der Waals surface area contributed by atoms with E-state index in [2.05, 4.69) is 15.5 Å². The molecule has 5 nitrogen and oxygen atoms in total. The van der Waals surface area contributed by atoms with E-state index >= 15 is 0 Å². The van der Waals surface area contributed by atoms with Crippen LogP contribution < -0.4 is 5.32 Å². The Hall–Kier alpha value is -2.21. The van der Waals surface area contributed by atoms with Crippen LogP contribution in [0.3, 0.4) is 0 Å². The maximum Gasteiger partial charge on any atom is 0.229 e. The summed E-state index contributed by atoms with van der Waals surface area (Å²) in [5.74, 6) is 0.228. The van der Waals surface area contributed by atoms with Crippen molar-refractivity contribution in [2.24, 2.45) is 11.1 Å². The van der Waals surface area contributed by atoms with E-state index in [1.54, 1.807) is 0 Å². The third kappa shape index (κ3) is 5.39. The Labute approximate surface area is 158 Å². The molecule has 0 spiro atoms. The highest BCUT2D eigenvalue weighted by molar-refractivity contribution is 7.13. The summed E-state index contributed by atoms with van der Waals surface area (Å²) in [5, 5.41) is 9.64. The normalized spacial score (nSPS) is 16.1. The molecule has 3 rings (SSSR count). The minimum Gasteiger partial charge on any atom is -0.389 e. The van der Waals surface area contributed by atoms with Gasteiger partial charge in [0.1, 0.15) is 0 Å². The maximum atomic E-state index is 12.4. The monoisotopic (exact) mass is 371 g/mol. The second kappa shape index (κ2) is 9.48. The third-order valence-electron chi connectivity index (χ3n) is 4.61. The molecule has 1 aliphatic carbocycles. The number of amides is 1. The van der Waals surface area contributed by atoms with Crippen LogP contribution in [0, 0.1) is 5.92 Å². The van der Waals surface area contributed by atoms with Crippen LogP contribution in [0.2, 0.25) is 0 Å². The van der Waals surface area contributed by atoms with Gasteiger partial charge in [0.15, 0.2) is 11.7 Å². The van der Waals surface area contributed by atoms with Crippen molar-refractivity contribution in [1.82, 2.24) is 4.98 Å². The van der Waals surface area contributed by atoms with Crippen molar-refractivity contribution >= 4 is 28.1 Å². The van der Waals surface area contributed by atoms with Crippen molar-refractivity contribution in [1.29, 1.82) is 0 Å². The lowest BCUT2D eigenvalue weighted by atomic mass is 10.00. The molecule has 1 aliphatic rings. The Morgan fingerprint density at radius 1 is 1.23 bits per heavy atom. The standard InChI is InChI=1S/C20H25N3O2S/c1-15(16-9-7-4-8-10-16)23-25-13-18-14-26-20(21-18)22-19(24)17-11-5-2-3-6-12-17/h4,7-10,14,17H,2-3,5-6,11-13H2,1H3,(H,21,22,24)/b23-15-. The quantitative estimate of drug-likeness (QED) is 0.442. The topological polar surface area (TPSA) is 63.6 Å². The van der Waals surface area contributed by atoms with E-state index in [1.807, 2.05) is 42.6 Å². The average Bonchev–Trinajstić information content (AvgIpc) is 2.93. The van der Waals surface area contributed by atoms with Crippen LogP contribution in [0.1, 0.15) is 56.7 Å². The molecule has 1 N–H and O–H groups in total. The van der Waals surface area contributed by atoms with Crippen molar-refractivity contribution < 1.29 is 9.63 Å². The van der Waals surface area contributed by atoms with Crippen molar-refractivity contribution in [3.05, 3.63) is 47.0 Å². The first-order chi connectivity index (χ1) is 12.7. The first-order valence-electron chi connectivity index (χ1n) is 9.19. The van der Waals surface area contributed by atoms with Crippen molar-refractivity contribution in [3.63, 3.8) is 0 Å². The maximum absolute atomic E-state index is 12.4. The highest BCUT2D eigenvalue weighted by atomic mass is 32.1. The number of oxime groups is 1. The Balaban J connectivity index is 1.49. The summed E-state index contributed by atoms with van der Waals surface area (Å²) in [6, 6.07) is 9.90. The number of benzene rings is 1. The molecule has 0 unspecified atom stereocenters. The van der Waals surface area contributed by atoms with Gasteiger partial charge in [0.25, 0.3) is 0 Å². The molecule has 0 atom stereocenters. The SMILES string of the molecule is C/C(=N/OCc1csc(NC(=O)C2CCCCCC2)n1)c1ccccc1. The number of aromatic nitrogens is 1. The summed E-state index contributed by atoms with van der Waals surface area (Å²) in [5.41, 5.74) is 2.63. The summed E-state index contributed by atoms with van der Waals surface area (Å²) in [6.45, 7) is 2.20. The van der Waals surface area contributed by atoms with Gasteiger partial charge in [-0.05, 0) is 25.3 Å². The number of carbonyl (C=O) groups excluding carboxylic acids is 1. The molecule has 1 fully saturated rings. The Morgan fingerprint density at radius 3 is 2.69 bits per heavy atom. The fraction of sp³-hybridized carbons (Fsp3) is 0.450. The molecule has 0 bridgehead atoms. The number of rotatable bonds is 6. The van der Waals surface area contributed by atoms with Gasteiger partial charge in [0, 0.05) is 11.3 Å². The average molecular weight is 372 g/mol. The van der Waals surface area contributed by atoms with Gasteiger partial charge in [-0.25, -0.2) is 4.98 Å². The minimum absolute atomic E-state index is 0.103. The van der Waals surface area contributed by atoms with E-state index in [0.29, 0.717) is 11.7 Å². The van der Waals surface area contributed by atoms with Crippen molar-refractivity contribution in [3.8, 4) is 0 Å². The molecule has 1 heterocycles. The van der Waals surface area contributed by atoms with E-state index in [0.717, 1.165) is 42.7 Å². The summed E-state index contributed by atoms with van der Waals surface area (Å²) in [4.78, 5) is 22.2. The molecule has 2 aromatic rings. The highest BCUT2D eigenvalue weighted by Gasteiger charge is 2.20. The Bertz CT molecular complexity index is 735. The van der Waals surface area contributed by atoms with E-state index in [9.17, 15) is 4.79 Å². The molecular weight excluding hydrogens is 346 g/mol. The number of anilines is 1. The van der Waals surface area contributed by atoms with Crippen LogP contribution in [0.15, 0.2) is 40.9 Å². The van der Waals surface area contributed by atoms with E-state index in [4.69, 9.17) is 4.84 Å². The molecule has 1 amide bonds. The molecule has 1 aromatic heterocycles. The molecule has 0 radical (unpaired) electrons. The molecular formula is C20H25N3O2S. The van der Waals surface area contributed by atoms with E-state index < -0.39 is 0 Å². The van der Waals surface area contributed by atoms with Crippen LogP contribution in [0.4, 0.5) is 5.13 Å². The third-order valence-corrected chi connectivity index (χ3v) is 5.42. The van der Waals surface area contributed by atoms with Crippen molar-refractivity contribution in [2.45, 2.75) is 52.1 Å². The fourth-order valence-electron chi connectivity index (χ4n) is 3.11. The van der Waals surface area contributed by atoms with Crippen LogP contribution in [-0.2, 0) is 16.2 Å². The molecule has 138 valence electrons. The number of hydrogen-bond donors (Lipinski definition) is 1. The number of thiazole rings is 1. The van der Waals surface area contributed by atoms with Gasteiger partial charge in [-0.2, -0.15) is 0 Å². The van der Waals surface area contributed by atoms with E-state index in [1.165, 1.54) is 24.2 Å². The first kappa shape index (κ1) is 18.6. The van der Waals surface area contributed by atoms with Gasteiger partial charge in [0.2, 0.25) is 5.91 Å². The molecule has 0 saturated heterocycles. The second-order valence-electron chi connectivity index (χ2n) is 6.64. The predicted molar refractivity (Wildman–Crippen MR) is 105 cm³/mol. The second-order valence-corrected chi connectivity index (χ2v) is 7.50. The van der Waals surface area contributed by atoms with Gasteiger partial charge in [0.05, 0.1) is 11.4 Å². The summed E-state index contributed by atoms with van der Waals surface area (Å²) in [6.07, 6.45) is 6.75. The van der Waals surface area contributed by atoms with Gasteiger partial charge in [-0.3, -0.25) is 4.79 Å². The smallest absolute Gasteiger partial charge is 0.229 e. The lowest BCUT2D eigenvalue weighted by Crippen LogP contribution is -2.22. The predicted octanol–water partition coefficient (Wildman–Crippen LogP) is 4.99. The lowest BCUT2D eigenvalue weighted by molar-refractivity contribution is -0.120. The number of carbonyl (C=O) groups is 1. The van der Waals surface area contributed by atoms with Gasteiger partial charge in [-0.15, -0.1) is 11.3 Å². The number of hydrogen-bond acceptors (Lipinski definition) is 5. The molecule has 1 aromatic carbocycles. The van der Waals surface area contributed by atoms with Gasteiger partial charge < -0.3 is 10.2 Å². The lowest BCUT2D eigenvalue weighted by Gasteiger charge is -2.12.